The predicted octanol–water partition coefficient (Wildman–Crippen LogP) is 3.05. The summed E-state index contributed by atoms with van der Waals surface area (Å²) in [4.78, 5) is 25.5. The number of rotatable bonds is 4. The molecular formula is C19H18N2O3. The summed E-state index contributed by atoms with van der Waals surface area (Å²) in [5, 5.41) is 2.76. The second-order valence-corrected chi connectivity index (χ2v) is 5.61. The van der Waals surface area contributed by atoms with Gasteiger partial charge in [0.05, 0.1) is 17.9 Å². The highest BCUT2D eigenvalue weighted by Gasteiger charge is 2.24. The van der Waals surface area contributed by atoms with Gasteiger partial charge in [0.2, 0.25) is 0 Å². The summed E-state index contributed by atoms with van der Waals surface area (Å²) in [5.74, 6) is 0.0605. The number of hydrogen-bond acceptors (Lipinski definition) is 3. The van der Waals surface area contributed by atoms with Gasteiger partial charge in [-0.2, -0.15) is 0 Å². The van der Waals surface area contributed by atoms with Gasteiger partial charge in [0.1, 0.15) is 0 Å². The summed E-state index contributed by atoms with van der Waals surface area (Å²) in [5.41, 5.74) is 3.30. The fourth-order valence-corrected chi connectivity index (χ4v) is 2.70. The van der Waals surface area contributed by atoms with Crippen molar-refractivity contribution in [3.8, 4) is 5.75 Å². The van der Waals surface area contributed by atoms with Gasteiger partial charge in [-0.1, -0.05) is 42.5 Å². The third-order valence-electron chi connectivity index (χ3n) is 3.77. The Bertz CT molecular complexity index is 814. The van der Waals surface area contributed by atoms with Crippen LogP contribution in [0.3, 0.4) is 0 Å². The molecule has 0 saturated carbocycles. The molecule has 5 heteroatoms. The Hall–Kier alpha value is -3.08. The Morgan fingerprint density at radius 3 is 2.88 bits per heavy atom. The van der Waals surface area contributed by atoms with Gasteiger partial charge < -0.3 is 15.0 Å². The maximum atomic E-state index is 12.4. The fraction of sp³-hybridized carbons (Fsp3) is 0.158. The van der Waals surface area contributed by atoms with Gasteiger partial charge in [-0.3, -0.25) is 9.59 Å². The number of benzene rings is 2. The molecule has 2 amide bonds. The van der Waals surface area contributed by atoms with Crippen molar-refractivity contribution in [2.45, 2.75) is 13.5 Å². The largest absolute Gasteiger partial charge is 0.479 e. The van der Waals surface area contributed by atoms with Crippen molar-refractivity contribution >= 4 is 23.2 Å². The van der Waals surface area contributed by atoms with Crippen LogP contribution in [0.4, 0.5) is 11.4 Å². The molecule has 1 aliphatic rings. The van der Waals surface area contributed by atoms with Gasteiger partial charge in [0.15, 0.2) is 12.4 Å². The fourth-order valence-electron chi connectivity index (χ4n) is 2.70. The van der Waals surface area contributed by atoms with E-state index in [1.165, 1.54) is 6.08 Å². The van der Waals surface area contributed by atoms with Gasteiger partial charge in [0, 0.05) is 0 Å². The molecule has 0 aliphatic carbocycles. The SMILES string of the molecule is C=CC(=O)N(Cc1cccc(C)c1)c1cccc2c1OCC(=O)N2. The molecule has 1 aliphatic heterocycles. The Morgan fingerprint density at radius 1 is 1.33 bits per heavy atom. The van der Waals surface area contributed by atoms with Crippen LogP contribution in [0.25, 0.3) is 0 Å². The van der Waals surface area contributed by atoms with Crippen molar-refractivity contribution in [1.82, 2.24) is 0 Å². The van der Waals surface area contributed by atoms with Crippen molar-refractivity contribution in [1.29, 1.82) is 0 Å². The molecule has 0 atom stereocenters. The highest BCUT2D eigenvalue weighted by atomic mass is 16.5. The molecule has 24 heavy (non-hydrogen) atoms. The number of carbonyl (C=O) groups is 2. The normalized spacial score (nSPS) is 12.6. The highest BCUT2D eigenvalue weighted by molar-refractivity contribution is 6.04. The maximum absolute atomic E-state index is 12.4. The van der Waals surface area contributed by atoms with Crippen LogP contribution < -0.4 is 15.0 Å². The third kappa shape index (κ3) is 3.15. The first-order valence-electron chi connectivity index (χ1n) is 7.63. The Labute approximate surface area is 140 Å². The molecule has 0 spiro atoms. The minimum atomic E-state index is -0.231. The third-order valence-corrected chi connectivity index (χ3v) is 3.77. The molecule has 2 aromatic carbocycles. The van der Waals surface area contributed by atoms with Crippen LogP contribution >= 0.6 is 0 Å². The average Bonchev–Trinajstić information content (AvgIpc) is 2.58. The van der Waals surface area contributed by atoms with E-state index in [1.54, 1.807) is 23.1 Å². The minimum Gasteiger partial charge on any atom is -0.479 e. The van der Waals surface area contributed by atoms with Gasteiger partial charge in [0.25, 0.3) is 11.8 Å². The van der Waals surface area contributed by atoms with Crippen LogP contribution in [0.2, 0.25) is 0 Å². The molecule has 2 aromatic rings. The Kier molecular flexibility index (Phi) is 4.33. The molecule has 0 saturated heterocycles. The van der Waals surface area contributed by atoms with Crippen LogP contribution in [0, 0.1) is 6.92 Å². The molecule has 0 radical (unpaired) electrons. The van der Waals surface area contributed by atoms with E-state index < -0.39 is 0 Å². The van der Waals surface area contributed by atoms with Crippen LogP contribution in [0.1, 0.15) is 11.1 Å². The number of fused-ring (bicyclic) bond motifs is 1. The molecule has 5 nitrogen and oxygen atoms in total. The van der Waals surface area contributed by atoms with Crippen molar-refractivity contribution in [2.75, 3.05) is 16.8 Å². The lowest BCUT2D eigenvalue weighted by atomic mass is 10.1. The minimum absolute atomic E-state index is 0.0649. The standard InChI is InChI=1S/C19H18N2O3/c1-3-18(23)21(11-14-7-4-6-13(2)10-14)16-9-5-8-15-19(16)24-12-17(22)20-15/h3-10H,1,11-12H2,2H3,(H,20,22). The van der Waals surface area contributed by atoms with E-state index >= 15 is 0 Å². The van der Waals surface area contributed by atoms with E-state index in [0.29, 0.717) is 23.7 Å². The lowest BCUT2D eigenvalue weighted by Crippen LogP contribution is -2.31. The predicted molar refractivity (Wildman–Crippen MR) is 93.1 cm³/mol. The number of carbonyl (C=O) groups excluding carboxylic acids is 2. The zero-order chi connectivity index (χ0) is 17.1. The molecule has 1 N–H and O–H groups in total. The van der Waals surface area contributed by atoms with Crippen molar-refractivity contribution in [2.24, 2.45) is 0 Å². The number of ether oxygens (including phenoxy) is 1. The smallest absolute Gasteiger partial charge is 0.262 e. The van der Waals surface area contributed by atoms with E-state index in [1.807, 2.05) is 31.2 Å². The van der Waals surface area contributed by atoms with Gasteiger partial charge >= 0.3 is 0 Å². The molecule has 3 rings (SSSR count). The number of nitrogens with zero attached hydrogens (tertiary/aromatic N) is 1. The zero-order valence-electron chi connectivity index (χ0n) is 13.4. The lowest BCUT2D eigenvalue weighted by Gasteiger charge is -2.27. The van der Waals surface area contributed by atoms with Crippen LogP contribution in [-0.4, -0.2) is 18.4 Å². The van der Waals surface area contributed by atoms with Gasteiger partial charge in [-0.25, -0.2) is 0 Å². The molecule has 0 unspecified atom stereocenters. The maximum Gasteiger partial charge on any atom is 0.262 e. The lowest BCUT2D eigenvalue weighted by molar-refractivity contribution is -0.118. The first-order chi connectivity index (χ1) is 11.6. The summed E-state index contributed by atoms with van der Waals surface area (Å²) in [6, 6.07) is 13.3. The first kappa shape index (κ1) is 15.8. The Morgan fingerprint density at radius 2 is 2.12 bits per heavy atom. The second kappa shape index (κ2) is 6.58. The number of aryl methyl sites for hydroxylation is 1. The molecular weight excluding hydrogens is 304 g/mol. The monoisotopic (exact) mass is 322 g/mol. The zero-order valence-corrected chi connectivity index (χ0v) is 13.4. The second-order valence-electron chi connectivity index (χ2n) is 5.61. The highest BCUT2D eigenvalue weighted by Crippen LogP contribution is 2.38. The number of amides is 2. The summed E-state index contributed by atoms with van der Waals surface area (Å²) in [7, 11) is 0. The van der Waals surface area contributed by atoms with Crippen molar-refractivity contribution in [3.05, 3.63) is 66.2 Å². The van der Waals surface area contributed by atoms with Crippen LogP contribution in [-0.2, 0) is 16.1 Å². The van der Waals surface area contributed by atoms with Crippen LogP contribution in [0.15, 0.2) is 55.1 Å². The number of hydrogen-bond donors (Lipinski definition) is 1. The molecule has 1 heterocycles. The summed E-state index contributed by atoms with van der Waals surface area (Å²) < 4.78 is 5.56. The summed E-state index contributed by atoms with van der Waals surface area (Å²) in [6.45, 7) is 5.92. The molecule has 0 aromatic heterocycles. The van der Waals surface area contributed by atoms with Crippen molar-refractivity contribution < 1.29 is 14.3 Å². The van der Waals surface area contributed by atoms with Crippen LogP contribution in [0.5, 0.6) is 5.75 Å². The number of anilines is 2. The van der Waals surface area contributed by atoms with Gasteiger partial charge in [-0.15, -0.1) is 0 Å². The first-order valence-corrected chi connectivity index (χ1v) is 7.63. The van der Waals surface area contributed by atoms with E-state index in [0.717, 1.165) is 11.1 Å². The molecule has 122 valence electrons. The topological polar surface area (TPSA) is 58.6 Å². The van der Waals surface area contributed by atoms with E-state index in [2.05, 4.69) is 11.9 Å². The quantitative estimate of drug-likeness (QED) is 0.880. The Balaban J connectivity index is 2.01. The summed E-state index contributed by atoms with van der Waals surface area (Å²) in [6.07, 6.45) is 1.27. The average molecular weight is 322 g/mol. The summed E-state index contributed by atoms with van der Waals surface area (Å²) >= 11 is 0. The van der Waals surface area contributed by atoms with E-state index in [-0.39, 0.29) is 18.4 Å². The van der Waals surface area contributed by atoms with Crippen molar-refractivity contribution in [3.63, 3.8) is 0 Å². The van der Waals surface area contributed by atoms with Gasteiger partial charge in [-0.05, 0) is 30.7 Å². The number of para-hydroxylation sites is 1. The number of nitrogens with one attached hydrogen (secondary N) is 1. The molecule has 0 bridgehead atoms. The van der Waals surface area contributed by atoms with E-state index in [9.17, 15) is 9.59 Å². The van der Waals surface area contributed by atoms with E-state index in [4.69, 9.17) is 4.74 Å². The molecule has 0 fully saturated rings.